The van der Waals surface area contributed by atoms with Crippen LogP contribution < -0.4 is 0 Å². The monoisotopic (exact) mass is 347 g/mol. The van der Waals surface area contributed by atoms with E-state index in [0.29, 0.717) is 15.9 Å². The molecule has 6 heteroatoms. The minimum absolute atomic E-state index is 0.265. The molecule has 0 fully saturated rings. The molecule has 3 nitrogen and oxygen atoms in total. The number of nitrogens with zero attached hydrogens (tertiary/aromatic N) is 3. The van der Waals surface area contributed by atoms with Gasteiger partial charge in [0, 0.05) is 12.6 Å². The highest BCUT2D eigenvalue weighted by Gasteiger charge is 2.18. The second kappa shape index (κ2) is 7.19. The number of imidazole rings is 1. The van der Waals surface area contributed by atoms with Crippen molar-refractivity contribution in [3.8, 4) is 0 Å². The second-order valence-electron chi connectivity index (χ2n) is 5.12. The fourth-order valence-corrected chi connectivity index (χ4v) is 3.17. The lowest BCUT2D eigenvalue weighted by molar-refractivity contribution is 0.262. The van der Waals surface area contributed by atoms with E-state index in [9.17, 15) is 0 Å². The molecule has 0 saturated carbocycles. The van der Waals surface area contributed by atoms with Gasteiger partial charge in [-0.05, 0) is 32.1 Å². The molecule has 0 bridgehead atoms. The fraction of sp³-hybridized carbons (Fsp3) is 0.533. The van der Waals surface area contributed by atoms with Crippen molar-refractivity contribution in [1.29, 1.82) is 0 Å². The van der Waals surface area contributed by atoms with E-state index in [-0.39, 0.29) is 6.04 Å². The van der Waals surface area contributed by atoms with E-state index in [4.69, 9.17) is 34.8 Å². The SMILES string of the molecule is CCN(CC)CC(C)n1c(CCl)nc2cc(Cl)c(Cl)cc21. The highest BCUT2D eigenvalue weighted by Crippen LogP contribution is 2.30. The van der Waals surface area contributed by atoms with Crippen molar-refractivity contribution in [2.45, 2.75) is 32.7 Å². The quantitative estimate of drug-likeness (QED) is 0.686. The summed E-state index contributed by atoms with van der Waals surface area (Å²) in [5.41, 5.74) is 1.83. The molecule has 0 aliphatic rings. The van der Waals surface area contributed by atoms with Gasteiger partial charge in [-0.1, -0.05) is 37.0 Å². The van der Waals surface area contributed by atoms with Gasteiger partial charge in [0.2, 0.25) is 0 Å². The average molecular weight is 349 g/mol. The fourth-order valence-electron chi connectivity index (χ4n) is 2.66. The van der Waals surface area contributed by atoms with Crippen LogP contribution in [0, 0.1) is 0 Å². The third-order valence-corrected chi connectivity index (χ3v) is 4.74. The van der Waals surface area contributed by atoms with Crippen LogP contribution in [0.5, 0.6) is 0 Å². The highest BCUT2D eigenvalue weighted by atomic mass is 35.5. The molecule has 1 atom stereocenters. The lowest BCUT2D eigenvalue weighted by atomic mass is 10.2. The second-order valence-corrected chi connectivity index (χ2v) is 6.20. The molecule has 0 radical (unpaired) electrons. The van der Waals surface area contributed by atoms with Gasteiger partial charge in [-0.3, -0.25) is 0 Å². The van der Waals surface area contributed by atoms with Crippen LogP contribution in [0.4, 0.5) is 0 Å². The van der Waals surface area contributed by atoms with E-state index in [0.717, 1.165) is 36.5 Å². The standard InChI is InChI=1S/C15H20Cl3N3/c1-4-20(5-2)9-10(3)21-14-7-12(18)11(17)6-13(14)19-15(21)8-16/h6-7,10H,4-5,8-9H2,1-3H3. The number of rotatable bonds is 6. The Labute approximate surface area is 140 Å². The molecular formula is C15H20Cl3N3. The van der Waals surface area contributed by atoms with Gasteiger partial charge >= 0.3 is 0 Å². The maximum absolute atomic E-state index is 6.16. The summed E-state index contributed by atoms with van der Waals surface area (Å²) in [6, 6.07) is 3.94. The predicted octanol–water partition coefficient (Wildman–Crippen LogP) is 4.98. The Hall–Kier alpha value is -0.480. The van der Waals surface area contributed by atoms with Crippen LogP contribution >= 0.6 is 34.8 Å². The van der Waals surface area contributed by atoms with Crippen LogP contribution in [0.25, 0.3) is 11.0 Å². The van der Waals surface area contributed by atoms with Crippen LogP contribution in [0.1, 0.15) is 32.6 Å². The summed E-state index contributed by atoms with van der Waals surface area (Å²) >= 11 is 18.3. The molecule has 0 amide bonds. The number of alkyl halides is 1. The number of hydrogen-bond donors (Lipinski definition) is 0. The Morgan fingerprint density at radius 3 is 2.38 bits per heavy atom. The first-order valence-corrected chi connectivity index (χ1v) is 8.45. The van der Waals surface area contributed by atoms with Gasteiger partial charge in [-0.25, -0.2) is 4.98 Å². The van der Waals surface area contributed by atoms with Gasteiger partial charge < -0.3 is 9.47 Å². The summed E-state index contributed by atoms with van der Waals surface area (Å²) in [6.45, 7) is 9.51. The van der Waals surface area contributed by atoms with E-state index in [1.807, 2.05) is 6.07 Å². The number of halogens is 3. The third kappa shape index (κ3) is 3.48. The van der Waals surface area contributed by atoms with Gasteiger partial charge in [0.05, 0.1) is 27.0 Å². The molecule has 2 rings (SSSR count). The Morgan fingerprint density at radius 1 is 1.19 bits per heavy atom. The lowest BCUT2D eigenvalue weighted by Crippen LogP contribution is -2.30. The first-order valence-electron chi connectivity index (χ1n) is 7.15. The van der Waals surface area contributed by atoms with Crippen molar-refractivity contribution in [2.75, 3.05) is 19.6 Å². The zero-order valence-corrected chi connectivity index (χ0v) is 14.8. The Kier molecular flexibility index (Phi) is 5.78. The molecule has 0 aliphatic heterocycles. The summed E-state index contributed by atoms with van der Waals surface area (Å²) in [6.07, 6.45) is 0. The minimum Gasteiger partial charge on any atom is -0.323 e. The van der Waals surface area contributed by atoms with E-state index >= 15 is 0 Å². The summed E-state index contributed by atoms with van der Waals surface area (Å²) in [5, 5.41) is 1.06. The Morgan fingerprint density at radius 2 is 1.81 bits per heavy atom. The number of fused-ring (bicyclic) bond motifs is 1. The molecule has 0 spiro atoms. The first kappa shape index (κ1) is 16.9. The Balaban J connectivity index is 2.47. The van der Waals surface area contributed by atoms with E-state index in [1.54, 1.807) is 6.07 Å². The number of aromatic nitrogens is 2. The molecule has 1 aromatic heterocycles. The topological polar surface area (TPSA) is 21.1 Å². The number of hydrogen-bond acceptors (Lipinski definition) is 2. The van der Waals surface area contributed by atoms with Crippen LogP contribution in [-0.2, 0) is 5.88 Å². The van der Waals surface area contributed by atoms with Gasteiger partial charge in [0.25, 0.3) is 0 Å². The van der Waals surface area contributed by atoms with Gasteiger partial charge in [-0.2, -0.15) is 0 Å². The summed E-state index contributed by atoms with van der Waals surface area (Å²) in [7, 11) is 0. The minimum atomic E-state index is 0.265. The van der Waals surface area contributed by atoms with Crippen LogP contribution in [-0.4, -0.2) is 34.1 Å². The maximum atomic E-state index is 6.16. The van der Waals surface area contributed by atoms with E-state index < -0.39 is 0 Å². The highest BCUT2D eigenvalue weighted by molar-refractivity contribution is 6.42. The largest absolute Gasteiger partial charge is 0.323 e. The van der Waals surface area contributed by atoms with Crippen molar-refractivity contribution in [2.24, 2.45) is 0 Å². The molecule has 21 heavy (non-hydrogen) atoms. The van der Waals surface area contributed by atoms with Crippen LogP contribution in [0.3, 0.4) is 0 Å². The van der Waals surface area contributed by atoms with Crippen molar-refractivity contribution in [3.05, 3.63) is 28.0 Å². The zero-order chi connectivity index (χ0) is 15.6. The molecule has 1 aromatic carbocycles. The Bertz CT molecular complexity index is 620. The molecule has 1 heterocycles. The van der Waals surface area contributed by atoms with Crippen molar-refractivity contribution < 1.29 is 0 Å². The van der Waals surface area contributed by atoms with E-state index in [1.165, 1.54) is 0 Å². The average Bonchev–Trinajstić information content (AvgIpc) is 2.82. The molecule has 2 aromatic rings. The molecule has 1 unspecified atom stereocenters. The van der Waals surface area contributed by atoms with E-state index in [2.05, 4.69) is 35.2 Å². The molecule has 0 N–H and O–H groups in total. The number of benzene rings is 1. The normalized spacial score (nSPS) is 13.3. The van der Waals surface area contributed by atoms with Gasteiger partial charge in [0.1, 0.15) is 5.82 Å². The number of likely N-dealkylation sites (N-methyl/N-ethyl adjacent to an activating group) is 1. The summed E-state index contributed by atoms with van der Waals surface area (Å²) in [5.74, 6) is 1.22. The van der Waals surface area contributed by atoms with Crippen LogP contribution in [0.15, 0.2) is 12.1 Å². The van der Waals surface area contributed by atoms with Crippen molar-refractivity contribution >= 4 is 45.8 Å². The first-order chi connectivity index (χ1) is 10.0. The summed E-state index contributed by atoms with van der Waals surface area (Å²) in [4.78, 5) is 6.96. The molecule has 116 valence electrons. The molecule has 0 saturated heterocycles. The van der Waals surface area contributed by atoms with Crippen molar-refractivity contribution in [1.82, 2.24) is 14.5 Å². The molecular weight excluding hydrogens is 329 g/mol. The smallest absolute Gasteiger partial charge is 0.125 e. The van der Waals surface area contributed by atoms with Crippen LogP contribution in [0.2, 0.25) is 10.0 Å². The predicted molar refractivity (Wildman–Crippen MR) is 91.8 cm³/mol. The maximum Gasteiger partial charge on any atom is 0.125 e. The molecule has 0 aliphatic carbocycles. The zero-order valence-electron chi connectivity index (χ0n) is 12.5. The van der Waals surface area contributed by atoms with Crippen molar-refractivity contribution in [3.63, 3.8) is 0 Å². The van der Waals surface area contributed by atoms with Gasteiger partial charge in [0.15, 0.2) is 0 Å². The van der Waals surface area contributed by atoms with Gasteiger partial charge in [-0.15, -0.1) is 11.6 Å². The lowest BCUT2D eigenvalue weighted by Gasteiger charge is -2.25. The third-order valence-electron chi connectivity index (χ3n) is 3.78. The summed E-state index contributed by atoms with van der Waals surface area (Å²) < 4.78 is 2.17.